The monoisotopic (exact) mass is 380 g/mol. The standard InChI is InChI=1S/C21H24N4O3/c1-14-6-4-10-22-19(14)24-20(26)15-7-5-11-25(12-15)21(27)23-17-13-28-18-9-3-2-8-16(17)18/h2-4,6,8-10,15,17H,5,7,11-13H2,1H3,(H,23,27)(H,22,24,26)/t15-,17+/m0/s1. The van der Waals surface area contributed by atoms with Crippen LogP contribution in [0.4, 0.5) is 10.6 Å². The molecule has 3 amide bonds. The molecule has 2 atom stereocenters. The van der Waals surface area contributed by atoms with Crippen molar-refractivity contribution in [3.8, 4) is 5.75 Å². The van der Waals surface area contributed by atoms with Crippen LogP contribution in [-0.4, -0.2) is 41.5 Å². The first-order valence-corrected chi connectivity index (χ1v) is 9.61. The Morgan fingerprint density at radius 1 is 1.21 bits per heavy atom. The van der Waals surface area contributed by atoms with Gasteiger partial charge in [-0.2, -0.15) is 0 Å². The average Bonchev–Trinajstić information content (AvgIpc) is 3.13. The maximum atomic E-state index is 12.8. The Labute approximate surface area is 164 Å². The van der Waals surface area contributed by atoms with Crippen LogP contribution in [0.1, 0.15) is 30.0 Å². The highest BCUT2D eigenvalue weighted by Crippen LogP contribution is 2.32. The van der Waals surface area contributed by atoms with E-state index in [1.54, 1.807) is 11.1 Å². The lowest BCUT2D eigenvalue weighted by Gasteiger charge is -2.32. The number of likely N-dealkylation sites (tertiary alicyclic amines) is 1. The second-order valence-electron chi connectivity index (χ2n) is 7.29. The molecule has 0 unspecified atom stereocenters. The second-order valence-corrected chi connectivity index (χ2v) is 7.29. The molecule has 7 heteroatoms. The van der Waals surface area contributed by atoms with Crippen molar-refractivity contribution in [3.63, 3.8) is 0 Å². The third-order valence-electron chi connectivity index (χ3n) is 5.33. The number of hydrogen-bond donors (Lipinski definition) is 2. The number of rotatable bonds is 3. The maximum absolute atomic E-state index is 12.8. The Bertz CT molecular complexity index is 885. The first-order chi connectivity index (χ1) is 13.6. The smallest absolute Gasteiger partial charge is 0.318 e. The number of carbonyl (C=O) groups excluding carboxylic acids is 2. The number of amides is 3. The predicted octanol–water partition coefficient (Wildman–Crippen LogP) is 2.88. The van der Waals surface area contributed by atoms with Crippen molar-refractivity contribution in [1.29, 1.82) is 0 Å². The minimum Gasteiger partial charge on any atom is -0.491 e. The number of aromatic nitrogens is 1. The quantitative estimate of drug-likeness (QED) is 0.858. The fourth-order valence-electron chi connectivity index (χ4n) is 3.73. The number of carbonyl (C=O) groups is 2. The summed E-state index contributed by atoms with van der Waals surface area (Å²) in [6.07, 6.45) is 3.21. The summed E-state index contributed by atoms with van der Waals surface area (Å²) in [5.74, 6) is 1.06. The predicted molar refractivity (Wildman–Crippen MR) is 105 cm³/mol. The van der Waals surface area contributed by atoms with Gasteiger partial charge in [0, 0.05) is 24.8 Å². The SMILES string of the molecule is Cc1cccnc1NC(=O)[C@H]1CCCN(C(=O)N[C@@H]2COc3ccccc32)C1. The van der Waals surface area contributed by atoms with E-state index in [2.05, 4.69) is 15.6 Å². The van der Waals surface area contributed by atoms with Gasteiger partial charge in [-0.25, -0.2) is 9.78 Å². The van der Waals surface area contributed by atoms with Crippen LogP contribution in [0.5, 0.6) is 5.75 Å². The van der Waals surface area contributed by atoms with Gasteiger partial charge in [-0.05, 0) is 37.5 Å². The van der Waals surface area contributed by atoms with Gasteiger partial charge < -0.3 is 20.3 Å². The van der Waals surface area contributed by atoms with E-state index in [0.29, 0.717) is 25.5 Å². The van der Waals surface area contributed by atoms with Crippen LogP contribution in [0.2, 0.25) is 0 Å². The lowest BCUT2D eigenvalue weighted by atomic mass is 9.97. The number of para-hydroxylation sites is 1. The van der Waals surface area contributed by atoms with E-state index in [-0.39, 0.29) is 23.9 Å². The molecule has 1 saturated heterocycles. The zero-order valence-corrected chi connectivity index (χ0v) is 15.9. The highest BCUT2D eigenvalue weighted by atomic mass is 16.5. The van der Waals surface area contributed by atoms with Crippen molar-refractivity contribution >= 4 is 17.8 Å². The van der Waals surface area contributed by atoms with Crippen molar-refractivity contribution in [2.24, 2.45) is 5.92 Å². The summed E-state index contributed by atoms with van der Waals surface area (Å²) in [5.41, 5.74) is 1.91. The van der Waals surface area contributed by atoms with Gasteiger partial charge in [0.25, 0.3) is 0 Å². The molecule has 146 valence electrons. The van der Waals surface area contributed by atoms with Gasteiger partial charge in [-0.1, -0.05) is 24.3 Å². The van der Waals surface area contributed by atoms with Crippen LogP contribution in [0.3, 0.4) is 0 Å². The molecule has 2 aliphatic heterocycles. The lowest BCUT2D eigenvalue weighted by molar-refractivity contribution is -0.121. The molecule has 1 fully saturated rings. The Morgan fingerprint density at radius 3 is 2.93 bits per heavy atom. The minimum atomic E-state index is -0.243. The number of nitrogens with one attached hydrogen (secondary N) is 2. The molecule has 2 aromatic rings. The van der Waals surface area contributed by atoms with Crippen LogP contribution in [0.25, 0.3) is 0 Å². The topological polar surface area (TPSA) is 83.6 Å². The second kappa shape index (κ2) is 7.88. The van der Waals surface area contributed by atoms with Crippen LogP contribution in [0.15, 0.2) is 42.6 Å². The summed E-state index contributed by atoms with van der Waals surface area (Å²) in [6, 6.07) is 11.2. The van der Waals surface area contributed by atoms with Crippen molar-refractivity contribution in [3.05, 3.63) is 53.7 Å². The number of nitrogens with zero attached hydrogens (tertiary/aromatic N) is 2. The fourth-order valence-corrected chi connectivity index (χ4v) is 3.73. The molecule has 3 heterocycles. The largest absolute Gasteiger partial charge is 0.491 e. The molecule has 0 saturated carbocycles. The number of aryl methyl sites for hydroxylation is 1. The Hall–Kier alpha value is -3.09. The van der Waals surface area contributed by atoms with E-state index in [1.807, 2.05) is 43.3 Å². The summed E-state index contributed by atoms with van der Waals surface area (Å²) < 4.78 is 5.63. The van der Waals surface area contributed by atoms with E-state index in [1.165, 1.54) is 0 Å². The van der Waals surface area contributed by atoms with Gasteiger partial charge in [0.05, 0.1) is 12.0 Å². The number of hydrogen-bond acceptors (Lipinski definition) is 4. The normalized spacial score (nSPS) is 20.8. The van der Waals surface area contributed by atoms with Gasteiger partial charge in [0.1, 0.15) is 18.2 Å². The molecule has 0 spiro atoms. The summed E-state index contributed by atoms with van der Waals surface area (Å²) >= 11 is 0. The third-order valence-corrected chi connectivity index (χ3v) is 5.33. The van der Waals surface area contributed by atoms with Crippen molar-refractivity contribution < 1.29 is 14.3 Å². The van der Waals surface area contributed by atoms with Crippen molar-refractivity contribution in [1.82, 2.24) is 15.2 Å². The molecule has 0 radical (unpaired) electrons. The number of urea groups is 1. The maximum Gasteiger partial charge on any atom is 0.318 e. The summed E-state index contributed by atoms with van der Waals surface area (Å²) in [6.45, 7) is 3.39. The molecule has 1 aromatic heterocycles. The Balaban J connectivity index is 1.36. The van der Waals surface area contributed by atoms with Crippen LogP contribution < -0.4 is 15.4 Å². The fraction of sp³-hybridized carbons (Fsp3) is 0.381. The number of pyridine rings is 1. The minimum absolute atomic E-state index is 0.0890. The van der Waals surface area contributed by atoms with Gasteiger partial charge in [0.2, 0.25) is 5.91 Å². The molecule has 4 rings (SSSR count). The molecular weight excluding hydrogens is 356 g/mol. The number of anilines is 1. The molecule has 0 bridgehead atoms. The van der Waals surface area contributed by atoms with Gasteiger partial charge in [0.15, 0.2) is 0 Å². The van der Waals surface area contributed by atoms with Crippen LogP contribution >= 0.6 is 0 Å². The van der Waals surface area contributed by atoms with Crippen molar-refractivity contribution in [2.75, 3.05) is 25.0 Å². The third kappa shape index (κ3) is 3.78. The van der Waals surface area contributed by atoms with E-state index in [0.717, 1.165) is 29.7 Å². The van der Waals surface area contributed by atoms with Crippen LogP contribution in [0, 0.1) is 12.8 Å². The molecule has 0 aliphatic carbocycles. The summed E-state index contributed by atoms with van der Waals surface area (Å²) in [7, 11) is 0. The Kier molecular flexibility index (Phi) is 5.14. The molecule has 2 aliphatic rings. The summed E-state index contributed by atoms with van der Waals surface area (Å²) in [5, 5.41) is 5.94. The highest BCUT2D eigenvalue weighted by molar-refractivity contribution is 5.92. The molecule has 2 N–H and O–H groups in total. The van der Waals surface area contributed by atoms with E-state index in [4.69, 9.17) is 4.74 Å². The van der Waals surface area contributed by atoms with Gasteiger partial charge in [-0.3, -0.25) is 4.79 Å². The van der Waals surface area contributed by atoms with E-state index in [9.17, 15) is 9.59 Å². The van der Waals surface area contributed by atoms with Gasteiger partial charge in [-0.15, -0.1) is 0 Å². The average molecular weight is 380 g/mol. The molecule has 7 nitrogen and oxygen atoms in total. The Morgan fingerprint density at radius 2 is 2.07 bits per heavy atom. The van der Waals surface area contributed by atoms with Crippen LogP contribution in [-0.2, 0) is 4.79 Å². The van der Waals surface area contributed by atoms with Gasteiger partial charge >= 0.3 is 6.03 Å². The zero-order chi connectivity index (χ0) is 19.5. The highest BCUT2D eigenvalue weighted by Gasteiger charge is 2.31. The van der Waals surface area contributed by atoms with E-state index < -0.39 is 0 Å². The van der Waals surface area contributed by atoms with Crippen molar-refractivity contribution in [2.45, 2.75) is 25.8 Å². The number of ether oxygens (including phenoxy) is 1. The van der Waals surface area contributed by atoms with E-state index >= 15 is 0 Å². The number of fused-ring (bicyclic) bond motifs is 1. The first kappa shape index (κ1) is 18.3. The molecular formula is C21H24N4O3. The summed E-state index contributed by atoms with van der Waals surface area (Å²) in [4.78, 5) is 31.4. The lowest BCUT2D eigenvalue weighted by Crippen LogP contribution is -2.48. The number of piperidine rings is 1. The first-order valence-electron chi connectivity index (χ1n) is 9.61. The zero-order valence-electron chi connectivity index (χ0n) is 15.9. The number of benzene rings is 1. The molecule has 1 aromatic carbocycles. The molecule has 28 heavy (non-hydrogen) atoms.